The summed E-state index contributed by atoms with van der Waals surface area (Å²) >= 11 is 1.24. The molecule has 0 atom stereocenters. The fourth-order valence-corrected chi connectivity index (χ4v) is 3.06. The number of hydrogen-bond donors (Lipinski definition) is 2. The number of amides is 1. The summed E-state index contributed by atoms with van der Waals surface area (Å²) in [6.45, 7) is 5.89. The molecule has 1 amide bonds. The Morgan fingerprint density at radius 3 is 2.72 bits per heavy atom. The lowest BCUT2D eigenvalue weighted by Crippen LogP contribution is -2.19. The second kappa shape index (κ2) is 10.9. The summed E-state index contributed by atoms with van der Waals surface area (Å²) in [5.74, 6) is 0.192. The van der Waals surface area contributed by atoms with E-state index < -0.39 is 4.92 Å². The Balaban J connectivity index is 1.95. The summed E-state index contributed by atoms with van der Waals surface area (Å²) in [5, 5.41) is 24.8. The highest BCUT2D eigenvalue weighted by molar-refractivity contribution is 8.00. The standard InChI is InChI=1S/C20H21N3O5S/c1-3-5-15-10-14(11-18(20(15)25)28-4-2)12-21-22-19(24)13-29-17-8-6-16(7-9-17)23(26)27/h3,6-12,25H,1,4-5,13H2,2H3,(H,22,24). The van der Waals surface area contributed by atoms with Crippen molar-refractivity contribution in [2.24, 2.45) is 5.10 Å². The molecule has 0 saturated carbocycles. The van der Waals surface area contributed by atoms with Gasteiger partial charge in [0.05, 0.1) is 23.5 Å². The van der Waals surface area contributed by atoms with Gasteiger partial charge in [0, 0.05) is 22.6 Å². The van der Waals surface area contributed by atoms with Crippen LogP contribution in [-0.2, 0) is 11.2 Å². The number of aromatic hydroxyl groups is 1. The van der Waals surface area contributed by atoms with Gasteiger partial charge in [-0.1, -0.05) is 6.08 Å². The van der Waals surface area contributed by atoms with Gasteiger partial charge in [0.15, 0.2) is 11.5 Å². The number of nitrogens with one attached hydrogen (secondary N) is 1. The molecule has 0 unspecified atom stereocenters. The van der Waals surface area contributed by atoms with Gasteiger partial charge in [-0.3, -0.25) is 14.9 Å². The number of nitrogens with zero attached hydrogens (tertiary/aromatic N) is 2. The Kier molecular flexibility index (Phi) is 8.23. The van der Waals surface area contributed by atoms with Crippen LogP contribution in [-0.4, -0.2) is 34.5 Å². The van der Waals surface area contributed by atoms with E-state index in [2.05, 4.69) is 17.1 Å². The molecule has 29 heavy (non-hydrogen) atoms. The van der Waals surface area contributed by atoms with Crippen LogP contribution >= 0.6 is 11.8 Å². The van der Waals surface area contributed by atoms with E-state index in [9.17, 15) is 20.0 Å². The number of carbonyl (C=O) groups is 1. The molecule has 8 nitrogen and oxygen atoms in total. The molecule has 2 aromatic rings. The molecular weight excluding hydrogens is 394 g/mol. The minimum Gasteiger partial charge on any atom is -0.504 e. The molecule has 0 bridgehead atoms. The first kappa shape index (κ1) is 22.0. The third-order valence-electron chi connectivity index (χ3n) is 3.66. The monoisotopic (exact) mass is 415 g/mol. The zero-order chi connectivity index (χ0) is 21.2. The van der Waals surface area contributed by atoms with Crippen molar-refractivity contribution in [2.75, 3.05) is 12.4 Å². The Labute approximate surface area is 172 Å². The molecule has 0 heterocycles. The van der Waals surface area contributed by atoms with Crippen LogP contribution in [0.5, 0.6) is 11.5 Å². The zero-order valence-electron chi connectivity index (χ0n) is 15.8. The van der Waals surface area contributed by atoms with Crippen LogP contribution in [0.25, 0.3) is 0 Å². The number of phenolic OH excluding ortho intramolecular Hbond substituents is 1. The molecule has 152 valence electrons. The average molecular weight is 415 g/mol. The van der Waals surface area contributed by atoms with E-state index in [-0.39, 0.29) is 23.1 Å². The Morgan fingerprint density at radius 2 is 2.10 bits per heavy atom. The summed E-state index contributed by atoms with van der Waals surface area (Å²) < 4.78 is 5.42. The van der Waals surface area contributed by atoms with Gasteiger partial charge in [-0.25, -0.2) is 5.43 Å². The highest BCUT2D eigenvalue weighted by Gasteiger charge is 2.10. The molecule has 0 aliphatic rings. The molecule has 0 aliphatic heterocycles. The van der Waals surface area contributed by atoms with Crippen molar-refractivity contribution in [3.63, 3.8) is 0 Å². The van der Waals surface area contributed by atoms with E-state index in [1.807, 2.05) is 6.92 Å². The molecule has 2 N–H and O–H groups in total. The highest BCUT2D eigenvalue weighted by Crippen LogP contribution is 2.32. The number of thioether (sulfide) groups is 1. The van der Waals surface area contributed by atoms with Crippen molar-refractivity contribution in [2.45, 2.75) is 18.2 Å². The van der Waals surface area contributed by atoms with Gasteiger partial charge >= 0.3 is 0 Å². The summed E-state index contributed by atoms with van der Waals surface area (Å²) in [4.78, 5) is 22.8. The van der Waals surface area contributed by atoms with Crippen molar-refractivity contribution in [3.05, 3.63) is 70.3 Å². The lowest BCUT2D eigenvalue weighted by molar-refractivity contribution is -0.384. The molecule has 0 fully saturated rings. The average Bonchev–Trinajstić information content (AvgIpc) is 2.70. The van der Waals surface area contributed by atoms with Crippen LogP contribution in [0.1, 0.15) is 18.1 Å². The number of hydrazone groups is 1. The number of allylic oxidation sites excluding steroid dienone is 1. The Hall–Kier alpha value is -3.33. The van der Waals surface area contributed by atoms with Crippen molar-refractivity contribution in [3.8, 4) is 11.5 Å². The second-order valence-electron chi connectivity index (χ2n) is 5.79. The maximum atomic E-state index is 11.9. The van der Waals surface area contributed by atoms with Crippen LogP contribution in [0, 0.1) is 10.1 Å². The molecule has 0 radical (unpaired) electrons. The number of nitro benzene ring substituents is 1. The highest BCUT2D eigenvalue weighted by atomic mass is 32.2. The summed E-state index contributed by atoms with van der Waals surface area (Å²) in [5.41, 5.74) is 3.73. The molecular formula is C20H21N3O5S. The Morgan fingerprint density at radius 1 is 1.38 bits per heavy atom. The first-order chi connectivity index (χ1) is 13.9. The van der Waals surface area contributed by atoms with E-state index >= 15 is 0 Å². The first-order valence-electron chi connectivity index (χ1n) is 8.73. The number of non-ortho nitro benzene ring substituents is 1. The number of rotatable bonds is 10. The topological polar surface area (TPSA) is 114 Å². The van der Waals surface area contributed by atoms with Gasteiger partial charge in [0.2, 0.25) is 5.91 Å². The van der Waals surface area contributed by atoms with Crippen LogP contribution in [0.15, 0.2) is 59.1 Å². The number of phenols is 1. The number of benzene rings is 2. The van der Waals surface area contributed by atoms with E-state index in [0.29, 0.717) is 29.9 Å². The predicted molar refractivity (Wildman–Crippen MR) is 113 cm³/mol. The molecule has 0 spiro atoms. The summed E-state index contributed by atoms with van der Waals surface area (Å²) in [7, 11) is 0. The first-order valence-corrected chi connectivity index (χ1v) is 9.71. The minimum absolute atomic E-state index is 0.000421. The van der Waals surface area contributed by atoms with Crippen LogP contribution in [0.4, 0.5) is 5.69 Å². The molecule has 2 aromatic carbocycles. The SMILES string of the molecule is C=CCc1cc(C=NNC(=O)CSc2ccc([N+](=O)[O-])cc2)cc(OCC)c1O. The lowest BCUT2D eigenvalue weighted by Gasteiger charge is -2.10. The van der Waals surface area contributed by atoms with Gasteiger partial charge in [-0.2, -0.15) is 5.10 Å². The minimum atomic E-state index is -0.476. The van der Waals surface area contributed by atoms with Gasteiger partial charge in [0.1, 0.15) is 0 Å². The molecule has 2 rings (SSSR count). The summed E-state index contributed by atoms with van der Waals surface area (Å²) in [6.07, 6.45) is 3.59. The van der Waals surface area contributed by atoms with Crippen LogP contribution in [0.2, 0.25) is 0 Å². The van der Waals surface area contributed by atoms with Gasteiger partial charge in [-0.15, -0.1) is 18.3 Å². The molecule has 9 heteroatoms. The summed E-state index contributed by atoms with van der Waals surface area (Å²) in [6, 6.07) is 9.33. The van der Waals surface area contributed by atoms with Crippen molar-refractivity contribution in [1.82, 2.24) is 5.43 Å². The molecule has 0 saturated heterocycles. The fraction of sp³-hybridized carbons (Fsp3) is 0.200. The van der Waals surface area contributed by atoms with E-state index in [1.54, 1.807) is 30.3 Å². The van der Waals surface area contributed by atoms with E-state index in [0.717, 1.165) is 4.90 Å². The smallest absolute Gasteiger partial charge is 0.269 e. The number of ether oxygens (including phenoxy) is 1. The van der Waals surface area contributed by atoms with E-state index in [1.165, 1.54) is 30.1 Å². The zero-order valence-corrected chi connectivity index (χ0v) is 16.6. The van der Waals surface area contributed by atoms with Crippen LogP contribution < -0.4 is 10.2 Å². The quantitative estimate of drug-likeness (QED) is 0.201. The van der Waals surface area contributed by atoms with Gasteiger partial charge < -0.3 is 9.84 Å². The predicted octanol–water partition coefficient (Wildman–Crippen LogP) is 3.67. The third kappa shape index (κ3) is 6.65. The fourth-order valence-electron chi connectivity index (χ4n) is 2.36. The number of hydrogen-bond acceptors (Lipinski definition) is 7. The number of carbonyl (C=O) groups excluding carboxylic acids is 1. The molecule has 0 aliphatic carbocycles. The van der Waals surface area contributed by atoms with Crippen molar-refractivity contribution in [1.29, 1.82) is 0 Å². The van der Waals surface area contributed by atoms with Crippen molar-refractivity contribution < 1.29 is 19.6 Å². The van der Waals surface area contributed by atoms with Crippen molar-refractivity contribution >= 4 is 29.6 Å². The largest absolute Gasteiger partial charge is 0.504 e. The Bertz CT molecular complexity index is 913. The number of nitro groups is 1. The molecule has 0 aromatic heterocycles. The van der Waals surface area contributed by atoms with Gasteiger partial charge in [0.25, 0.3) is 5.69 Å². The second-order valence-corrected chi connectivity index (χ2v) is 6.83. The lowest BCUT2D eigenvalue weighted by atomic mass is 10.1. The third-order valence-corrected chi connectivity index (χ3v) is 4.67. The maximum absolute atomic E-state index is 11.9. The maximum Gasteiger partial charge on any atom is 0.269 e. The normalized spacial score (nSPS) is 10.7. The van der Waals surface area contributed by atoms with Crippen LogP contribution in [0.3, 0.4) is 0 Å². The van der Waals surface area contributed by atoms with E-state index in [4.69, 9.17) is 4.74 Å². The van der Waals surface area contributed by atoms with Gasteiger partial charge in [-0.05, 0) is 43.2 Å².